The Morgan fingerprint density at radius 3 is 3.12 bits per heavy atom. The van der Waals surface area contributed by atoms with Gasteiger partial charge in [0, 0.05) is 29.8 Å². The Balaban J connectivity index is 2.01. The van der Waals surface area contributed by atoms with Gasteiger partial charge in [0.25, 0.3) is 0 Å². The molecule has 1 fully saturated rings. The average Bonchev–Trinajstić information content (AvgIpc) is 2.77. The molecule has 2 rings (SSSR count). The SMILES string of the molecule is NCC1CCCN1C(=O)Nc1cccc(Cl)c1. The molecule has 1 unspecified atom stereocenters. The summed E-state index contributed by atoms with van der Waals surface area (Å²) in [6, 6.07) is 7.19. The van der Waals surface area contributed by atoms with E-state index in [0.717, 1.165) is 19.4 Å². The van der Waals surface area contributed by atoms with Gasteiger partial charge >= 0.3 is 6.03 Å². The van der Waals surface area contributed by atoms with Crippen molar-refractivity contribution < 1.29 is 4.79 Å². The fraction of sp³-hybridized carbons (Fsp3) is 0.417. The van der Waals surface area contributed by atoms with Crippen LogP contribution in [0.15, 0.2) is 24.3 Å². The first-order chi connectivity index (χ1) is 8.20. The average molecular weight is 254 g/mol. The molecule has 1 aliphatic rings. The maximum Gasteiger partial charge on any atom is 0.322 e. The lowest BCUT2D eigenvalue weighted by atomic mass is 10.2. The molecule has 0 radical (unpaired) electrons. The Kier molecular flexibility index (Phi) is 3.86. The first-order valence-corrected chi connectivity index (χ1v) is 6.12. The number of nitrogens with two attached hydrogens (primary N) is 1. The number of carbonyl (C=O) groups is 1. The summed E-state index contributed by atoms with van der Waals surface area (Å²) in [6.45, 7) is 1.29. The van der Waals surface area contributed by atoms with Crippen molar-refractivity contribution in [3.05, 3.63) is 29.3 Å². The summed E-state index contributed by atoms with van der Waals surface area (Å²) < 4.78 is 0. The van der Waals surface area contributed by atoms with Crippen LogP contribution in [-0.2, 0) is 0 Å². The molecule has 1 heterocycles. The number of hydrogen-bond acceptors (Lipinski definition) is 2. The lowest BCUT2D eigenvalue weighted by Crippen LogP contribution is -2.42. The van der Waals surface area contributed by atoms with Gasteiger partial charge in [-0.15, -0.1) is 0 Å². The molecule has 1 aromatic carbocycles. The third-order valence-corrected chi connectivity index (χ3v) is 3.22. The van der Waals surface area contributed by atoms with Crippen LogP contribution in [0.4, 0.5) is 10.5 Å². The Labute approximate surface area is 106 Å². The van der Waals surface area contributed by atoms with Crippen molar-refractivity contribution in [1.29, 1.82) is 0 Å². The highest BCUT2D eigenvalue weighted by Gasteiger charge is 2.27. The lowest BCUT2D eigenvalue weighted by Gasteiger charge is -2.23. The molecule has 2 amide bonds. The lowest BCUT2D eigenvalue weighted by molar-refractivity contribution is 0.208. The van der Waals surface area contributed by atoms with Gasteiger partial charge in [0.2, 0.25) is 0 Å². The van der Waals surface area contributed by atoms with E-state index in [4.69, 9.17) is 17.3 Å². The zero-order valence-electron chi connectivity index (χ0n) is 9.53. The van der Waals surface area contributed by atoms with Crippen molar-refractivity contribution in [2.75, 3.05) is 18.4 Å². The minimum absolute atomic E-state index is 0.0970. The van der Waals surface area contributed by atoms with Crippen LogP contribution in [0, 0.1) is 0 Å². The van der Waals surface area contributed by atoms with E-state index in [0.29, 0.717) is 17.3 Å². The standard InChI is InChI=1S/C12H16ClN3O/c13-9-3-1-4-10(7-9)15-12(17)16-6-2-5-11(16)8-14/h1,3-4,7,11H,2,5-6,8,14H2,(H,15,17). The molecule has 92 valence electrons. The third-order valence-electron chi connectivity index (χ3n) is 2.99. The molecule has 1 atom stereocenters. The van der Waals surface area contributed by atoms with E-state index in [1.807, 2.05) is 12.1 Å². The maximum absolute atomic E-state index is 12.0. The largest absolute Gasteiger partial charge is 0.328 e. The van der Waals surface area contributed by atoms with E-state index in [1.165, 1.54) is 0 Å². The number of halogens is 1. The summed E-state index contributed by atoms with van der Waals surface area (Å²) in [5.41, 5.74) is 6.35. The highest BCUT2D eigenvalue weighted by atomic mass is 35.5. The second kappa shape index (κ2) is 5.38. The molecular formula is C12H16ClN3O. The number of amides is 2. The molecule has 0 aliphatic carbocycles. The fourth-order valence-electron chi connectivity index (χ4n) is 2.11. The topological polar surface area (TPSA) is 58.4 Å². The molecule has 0 aromatic heterocycles. The fourth-order valence-corrected chi connectivity index (χ4v) is 2.30. The van der Waals surface area contributed by atoms with Gasteiger partial charge in [-0.2, -0.15) is 0 Å². The second-order valence-corrected chi connectivity index (χ2v) is 4.60. The van der Waals surface area contributed by atoms with Gasteiger partial charge in [-0.05, 0) is 31.0 Å². The number of benzene rings is 1. The van der Waals surface area contributed by atoms with Crippen LogP contribution < -0.4 is 11.1 Å². The zero-order valence-corrected chi connectivity index (χ0v) is 10.3. The third kappa shape index (κ3) is 2.90. The highest BCUT2D eigenvalue weighted by Crippen LogP contribution is 2.19. The molecular weight excluding hydrogens is 238 g/mol. The number of anilines is 1. The van der Waals surface area contributed by atoms with Crippen LogP contribution in [0.3, 0.4) is 0 Å². The summed E-state index contributed by atoms with van der Waals surface area (Å²) in [5, 5.41) is 3.45. The predicted octanol–water partition coefficient (Wildman–Crippen LogP) is 2.29. The van der Waals surface area contributed by atoms with Gasteiger partial charge in [-0.1, -0.05) is 17.7 Å². The molecule has 3 N–H and O–H groups in total. The predicted molar refractivity (Wildman–Crippen MR) is 69.3 cm³/mol. The number of likely N-dealkylation sites (tertiary alicyclic amines) is 1. The molecule has 1 aromatic rings. The summed E-state index contributed by atoms with van der Waals surface area (Å²) in [7, 11) is 0. The van der Waals surface area contributed by atoms with Gasteiger partial charge in [-0.25, -0.2) is 4.79 Å². The summed E-state index contributed by atoms with van der Waals surface area (Å²) in [6.07, 6.45) is 2.00. The van der Waals surface area contributed by atoms with Crippen LogP contribution in [0.25, 0.3) is 0 Å². The Bertz CT molecular complexity index is 410. The van der Waals surface area contributed by atoms with E-state index >= 15 is 0 Å². The van der Waals surface area contributed by atoms with Gasteiger partial charge in [0.15, 0.2) is 0 Å². The van der Waals surface area contributed by atoms with Crippen LogP contribution in [0.2, 0.25) is 5.02 Å². The molecule has 17 heavy (non-hydrogen) atoms. The Morgan fingerprint density at radius 1 is 1.59 bits per heavy atom. The molecule has 5 heteroatoms. The van der Waals surface area contributed by atoms with Crippen molar-refractivity contribution in [1.82, 2.24) is 4.90 Å². The van der Waals surface area contributed by atoms with Crippen LogP contribution >= 0.6 is 11.6 Å². The number of rotatable bonds is 2. The molecule has 1 aliphatic heterocycles. The molecule has 0 spiro atoms. The minimum Gasteiger partial charge on any atom is -0.328 e. The van der Waals surface area contributed by atoms with Crippen molar-refractivity contribution >= 4 is 23.3 Å². The summed E-state index contributed by atoms with van der Waals surface area (Å²) >= 11 is 5.86. The van der Waals surface area contributed by atoms with Crippen molar-refractivity contribution in [3.63, 3.8) is 0 Å². The summed E-state index contributed by atoms with van der Waals surface area (Å²) in [4.78, 5) is 13.8. The number of urea groups is 1. The van der Waals surface area contributed by atoms with Crippen LogP contribution in [-0.4, -0.2) is 30.1 Å². The van der Waals surface area contributed by atoms with Crippen LogP contribution in [0.5, 0.6) is 0 Å². The number of carbonyl (C=O) groups excluding carboxylic acids is 1. The van der Waals surface area contributed by atoms with E-state index < -0.39 is 0 Å². The van der Waals surface area contributed by atoms with E-state index in [9.17, 15) is 4.79 Å². The maximum atomic E-state index is 12.0. The quantitative estimate of drug-likeness (QED) is 0.850. The molecule has 4 nitrogen and oxygen atoms in total. The number of nitrogens with zero attached hydrogens (tertiary/aromatic N) is 1. The Hall–Kier alpha value is -1.26. The molecule has 1 saturated heterocycles. The first-order valence-electron chi connectivity index (χ1n) is 5.74. The van der Waals surface area contributed by atoms with Crippen molar-refractivity contribution in [2.45, 2.75) is 18.9 Å². The Morgan fingerprint density at radius 2 is 2.41 bits per heavy atom. The highest BCUT2D eigenvalue weighted by molar-refractivity contribution is 6.30. The smallest absolute Gasteiger partial charge is 0.322 e. The van der Waals surface area contributed by atoms with Gasteiger partial charge in [0.05, 0.1) is 0 Å². The van der Waals surface area contributed by atoms with Gasteiger partial charge < -0.3 is 16.0 Å². The zero-order chi connectivity index (χ0) is 12.3. The first kappa shape index (κ1) is 12.2. The van der Waals surface area contributed by atoms with Gasteiger partial charge in [0.1, 0.15) is 0 Å². The van der Waals surface area contributed by atoms with Gasteiger partial charge in [-0.3, -0.25) is 0 Å². The minimum atomic E-state index is -0.0970. The molecule has 0 saturated carbocycles. The van der Waals surface area contributed by atoms with Crippen LogP contribution in [0.1, 0.15) is 12.8 Å². The number of nitrogens with one attached hydrogen (secondary N) is 1. The monoisotopic (exact) mass is 253 g/mol. The van der Waals surface area contributed by atoms with E-state index in [-0.39, 0.29) is 12.1 Å². The van der Waals surface area contributed by atoms with Crippen molar-refractivity contribution in [2.24, 2.45) is 5.73 Å². The van der Waals surface area contributed by atoms with E-state index in [1.54, 1.807) is 17.0 Å². The summed E-state index contributed by atoms with van der Waals surface area (Å²) in [5.74, 6) is 0. The van der Waals surface area contributed by atoms with Crippen molar-refractivity contribution in [3.8, 4) is 0 Å². The van der Waals surface area contributed by atoms with E-state index in [2.05, 4.69) is 5.32 Å². The second-order valence-electron chi connectivity index (χ2n) is 4.17. The normalized spacial score (nSPS) is 19.4. The molecule has 0 bridgehead atoms. The number of hydrogen-bond donors (Lipinski definition) is 2.